The number of ether oxygens (including phenoxy) is 4. The van der Waals surface area contributed by atoms with Gasteiger partial charge in [-0.25, -0.2) is 4.79 Å². The molecule has 6 heteroatoms. The molecule has 0 saturated carbocycles. The third-order valence-electron chi connectivity index (χ3n) is 5.89. The van der Waals surface area contributed by atoms with Crippen molar-refractivity contribution in [2.45, 2.75) is 44.5 Å². The predicted octanol–water partition coefficient (Wildman–Crippen LogP) is 5.16. The summed E-state index contributed by atoms with van der Waals surface area (Å²) in [5, 5.41) is 0. The second kappa shape index (κ2) is 14.2. The van der Waals surface area contributed by atoms with Gasteiger partial charge in [-0.1, -0.05) is 103 Å². The van der Waals surface area contributed by atoms with Gasteiger partial charge in [0.15, 0.2) is 6.04 Å². The minimum Gasteiger partial charge on any atom is -0.464 e. The number of esters is 1. The zero-order chi connectivity index (χ0) is 25.7. The second-order valence-corrected chi connectivity index (χ2v) is 8.67. The maximum Gasteiger partial charge on any atom is 0.333 e. The first-order valence-electron chi connectivity index (χ1n) is 12.6. The molecule has 0 fully saturated rings. The molecule has 0 radical (unpaired) electrons. The largest absolute Gasteiger partial charge is 0.464 e. The molecule has 0 aliphatic carbocycles. The highest BCUT2D eigenvalue weighted by molar-refractivity contribution is 5.84. The summed E-state index contributed by atoms with van der Waals surface area (Å²) in [6.45, 7) is 3.23. The monoisotopic (exact) mass is 499 g/mol. The molecule has 37 heavy (non-hydrogen) atoms. The van der Waals surface area contributed by atoms with E-state index in [2.05, 4.69) is 4.99 Å². The highest BCUT2D eigenvalue weighted by atomic mass is 16.6. The van der Waals surface area contributed by atoms with Crippen LogP contribution >= 0.6 is 0 Å². The number of carbonyl (C=O) groups is 1. The van der Waals surface area contributed by atoms with Gasteiger partial charge in [-0.05, 0) is 23.6 Å². The Hall–Kier alpha value is -3.58. The van der Waals surface area contributed by atoms with Crippen LogP contribution in [0.15, 0.2) is 108 Å². The molecule has 4 rings (SSSR count). The molecule has 0 N–H and O–H groups in total. The van der Waals surface area contributed by atoms with E-state index in [1.54, 1.807) is 13.1 Å². The summed E-state index contributed by atoms with van der Waals surface area (Å²) >= 11 is 0. The van der Waals surface area contributed by atoms with Crippen molar-refractivity contribution in [2.75, 3.05) is 13.2 Å². The molecule has 1 aliphatic heterocycles. The zero-order valence-electron chi connectivity index (χ0n) is 21.0. The molecular weight excluding hydrogens is 466 g/mol. The maximum atomic E-state index is 12.8. The molecule has 1 aliphatic rings. The Labute approximate surface area is 218 Å². The van der Waals surface area contributed by atoms with Crippen molar-refractivity contribution in [3.05, 3.63) is 120 Å². The minimum absolute atomic E-state index is 0.263. The number of hydrogen-bond donors (Lipinski definition) is 0. The maximum absolute atomic E-state index is 12.8. The summed E-state index contributed by atoms with van der Waals surface area (Å²) in [5.74, 6) is -0.433. The Bertz CT molecular complexity index is 1130. The lowest BCUT2D eigenvalue weighted by molar-refractivity contribution is -0.155. The van der Waals surface area contributed by atoms with E-state index in [0.717, 1.165) is 16.7 Å². The van der Waals surface area contributed by atoms with Crippen molar-refractivity contribution >= 4 is 12.2 Å². The molecule has 1 heterocycles. The van der Waals surface area contributed by atoms with E-state index in [9.17, 15) is 4.79 Å². The quantitative estimate of drug-likeness (QED) is 0.196. The average molecular weight is 500 g/mol. The van der Waals surface area contributed by atoms with Gasteiger partial charge < -0.3 is 18.9 Å². The molecule has 192 valence electrons. The summed E-state index contributed by atoms with van der Waals surface area (Å²) in [5.41, 5.74) is 3.03. The standard InChI is InChI=1S/C31H33NO5/c1-2-35-31(33)30(32-20-24-12-6-3-7-13-24)28-19-18-27(36-22-26-16-10-5-11-17-26)29(37-28)23-34-21-25-14-8-4-9-15-25/h3-20,27-30H,2,21-23H2,1H3/t27-,28-,29+,30?/m0/s1. The normalized spacial score (nSPS) is 20.1. The van der Waals surface area contributed by atoms with Crippen LogP contribution in [0, 0.1) is 0 Å². The van der Waals surface area contributed by atoms with Gasteiger partial charge >= 0.3 is 5.97 Å². The highest BCUT2D eigenvalue weighted by Gasteiger charge is 2.36. The fraction of sp³-hybridized carbons (Fsp3) is 0.290. The lowest BCUT2D eigenvalue weighted by atomic mass is 10.0. The Kier molecular flexibility index (Phi) is 10.2. The van der Waals surface area contributed by atoms with Gasteiger partial charge in [-0.15, -0.1) is 0 Å². The minimum atomic E-state index is -0.844. The lowest BCUT2D eigenvalue weighted by Gasteiger charge is -2.34. The van der Waals surface area contributed by atoms with E-state index in [0.29, 0.717) is 19.8 Å². The van der Waals surface area contributed by atoms with E-state index in [1.165, 1.54) is 0 Å². The number of benzene rings is 3. The SMILES string of the molecule is CCOC(=O)C(N=Cc1ccccc1)[C@@H]1C=C[C@H](OCc2ccccc2)[C@@H](COCc2ccccc2)O1. The molecule has 6 nitrogen and oxygen atoms in total. The van der Waals surface area contributed by atoms with Crippen LogP contribution in [0.2, 0.25) is 0 Å². The van der Waals surface area contributed by atoms with Crippen molar-refractivity contribution in [2.24, 2.45) is 4.99 Å². The van der Waals surface area contributed by atoms with Crippen LogP contribution in [0.3, 0.4) is 0 Å². The van der Waals surface area contributed by atoms with Crippen molar-refractivity contribution < 1.29 is 23.7 Å². The first-order valence-corrected chi connectivity index (χ1v) is 12.6. The summed E-state index contributed by atoms with van der Waals surface area (Å²) in [4.78, 5) is 17.4. The Morgan fingerprint density at radius 3 is 2.16 bits per heavy atom. The topological polar surface area (TPSA) is 66.4 Å². The number of carbonyl (C=O) groups excluding carboxylic acids is 1. The Morgan fingerprint density at radius 1 is 0.892 bits per heavy atom. The smallest absolute Gasteiger partial charge is 0.333 e. The molecule has 0 spiro atoms. The lowest BCUT2D eigenvalue weighted by Crippen LogP contribution is -2.46. The number of rotatable bonds is 12. The van der Waals surface area contributed by atoms with Crippen molar-refractivity contribution in [1.82, 2.24) is 0 Å². The van der Waals surface area contributed by atoms with E-state index in [1.807, 2.05) is 103 Å². The van der Waals surface area contributed by atoms with Crippen LogP contribution in [0.25, 0.3) is 0 Å². The molecule has 3 aromatic carbocycles. The highest BCUT2D eigenvalue weighted by Crippen LogP contribution is 2.23. The molecule has 1 unspecified atom stereocenters. The first-order chi connectivity index (χ1) is 18.2. The van der Waals surface area contributed by atoms with Crippen molar-refractivity contribution in [3.8, 4) is 0 Å². The number of aliphatic imine (C=N–C) groups is 1. The Balaban J connectivity index is 1.49. The van der Waals surface area contributed by atoms with Crippen molar-refractivity contribution in [1.29, 1.82) is 0 Å². The third kappa shape index (κ3) is 8.22. The average Bonchev–Trinajstić information content (AvgIpc) is 2.94. The first kappa shape index (κ1) is 26.5. The van der Waals surface area contributed by atoms with Crippen molar-refractivity contribution in [3.63, 3.8) is 0 Å². The fourth-order valence-electron chi connectivity index (χ4n) is 3.99. The van der Waals surface area contributed by atoms with Crippen LogP contribution in [-0.4, -0.2) is 49.8 Å². The third-order valence-corrected chi connectivity index (χ3v) is 5.89. The van der Waals surface area contributed by atoms with E-state index >= 15 is 0 Å². The predicted molar refractivity (Wildman–Crippen MR) is 143 cm³/mol. The molecule has 0 amide bonds. The van der Waals surface area contributed by atoms with Gasteiger partial charge in [-0.3, -0.25) is 4.99 Å². The molecule has 0 saturated heterocycles. The summed E-state index contributed by atoms with van der Waals surface area (Å²) in [6, 6.07) is 28.7. The molecule has 0 aromatic heterocycles. The van der Waals surface area contributed by atoms with Gasteiger partial charge in [-0.2, -0.15) is 0 Å². The summed E-state index contributed by atoms with van der Waals surface area (Å²) in [6.07, 6.45) is 4.09. The van der Waals surface area contributed by atoms with Crippen LogP contribution < -0.4 is 0 Å². The van der Waals surface area contributed by atoms with Crippen LogP contribution in [0.4, 0.5) is 0 Å². The van der Waals surface area contributed by atoms with Gasteiger partial charge in [0.05, 0.1) is 26.4 Å². The second-order valence-electron chi connectivity index (χ2n) is 8.67. The van der Waals surface area contributed by atoms with E-state index in [4.69, 9.17) is 18.9 Å². The van der Waals surface area contributed by atoms with Gasteiger partial charge in [0.25, 0.3) is 0 Å². The molecule has 3 aromatic rings. The van der Waals surface area contributed by atoms with Gasteiger partial charge in [0, 0.05) is 6.21 Å². The molecular formula is C31H33NO5. The van der Waals surface area contributed by atoms with Crippen LogP contribution in [-0.2, 0) is 37.0 Å². The van der Waals surface area contributed by atoms with E-state index in [-0.39, 0.29) is 12.7 Å². The Morgan fingerprint density at radius 2 is 1.51 bits per heavy atom. The molecule has 4 atom stereocenters. The zero-order valence-corrected chi connectivity index (χ0v) is 21.0. The molecule has 0 bridgehead atoms. The fourth-order valence-corrected chi connectivity index (χ4v) is 3.99. The van der Waals surface area contributed by atoms with Gasteiger partial charge in [0.2, 0.25) is 0 Å². The van der Waals surface area contributed by atoms with Gasteiger partial charge in [0.1, 0.15) is 18.3 Å². The van der Waals surface area contributed by atoms with Crippen LogP contribution in [0.1, 0.15) is 23.6 Å². The summed E-state index contributed by atoms with van der Waals surface area (Å²) in [7, 11) is 0. The number of nitrogens with zero attached hydrogens (tertiary/aromatic N) is 1. The number of hydrogen-bond acceptors (Lipinski definition) is 6. The summed E-state index contributed by atoms with van der Waals surface area (Å²) < 4.78 is 23.9. The van der Waals surface area contributed by atoms with Crippen LogP contribution in [0.5, 0.6) is 0 Å². The van der Waals surface area contributed by atoms with E-state index < -0.39 is 24.2 Å².